The molecule has 0 saturated carbocycles. The molecular formula is C15H24N2O. The summed E-state index contributed by atoms with van der Waals surface area (Å²) < 4.78 is 5.38. The van der Waals surface area contributed by atoms with Crippen molar-refractivity contribution >= 4 is 5.69 Å². The highest BCUT2D eigenvalue weighted by Gasteiger charge is 2.35. The molecule has 3 nitrogen and oxygen atoms in total. The Morgan fingerprint density at radius 1 is 1.44 bits per heavy atom. The van der Waals surface area contributed by atoms with Crippen LogP contribution in [0, 0.1) is 5.92 Å². The van der Waals surface area contributed by atoms with E-state index in [2.05, 4.69) is 43.0 Å². The highest BCUT2D eigenvalue weighted by molar-refractivity contribution is 5.58. The van der Waals surface area contributed by atoms with Gasteiger partial charge in [0.2, 0.25) is 0 Å². The molecule has 2 rings (SSSR count). The molecule has 1 aromatic carbocycles. The first-order valence-electron chi connectivity index (χ1n) is 6.65. The molecule has 1 aliphatic rings. The van der Waals surface area contributed by atoms with E-state index in [4.69, 9.17) is 10.5 Å². The van der Waals surface area contributed by atoms with Gasteiger partial charge in [-0.3, -0.25) is 0 Å². The van der Waals surface area contributed by atoms with Crippen molar-refractivity contribution in [2.75, 3.05) is 31.7 Å². The van der Waals surface area contributed by atoms with E-state index in [1.165, 1.54) is 11.3 Å². The first-order valence-corrected chi connectivity index (χ1v) is 6.65. The minimum Gasteiger partial charge on any atom is -0.382 e. The fourth-order valence-electron chi connectivity index (χ4n) is 2.87. The molecule has 1 aliphatic heterocycles. The number of para-hydroxylation sites is 1. The number of methoxy groups -OCH3 is 1. The Hall–Kier alpha value is -1.06. The zero-order chi connectivity index (χ0) is 13.2. The fourth-order valence-corrected chi connectivity index (χ4v) is 2.87. The topological polar surface area (TPSA) is 38.5 Å². The second-order valence-electron chi connectivity index (χ2n) is 5.68. The van der Waals surface area contributed by atoms with E-state index < -0.39 is 0 Å². The van der Waals surface area contributed by atoms with Gasteiger partial charge in [-0.15, -0.1) is 0 Å². The second-order valence-corrected chi connectivity index (χ2v) is 5.68. The van der Waals surface area contributed by atoms with Crippen LogP contribution in [0.3, 0.4) is 0 Å². The standard InChI is InChI=1S/C15H24N2O/c1-12-8-13-6-4-5-7-14(13)17(9-12)15(2,10-16)11-18-3/h4-7,12H,8-11,16H2,1-3H3. The summed E-state index contributed by atoms with van der Waals surface area (Å²) in [5.41, 5.74) is 8.62. The van der Waals surface area contributed by atoms with Crippen LogP contribution in [0.15, 0.2) is 24.3 Å². The predicted octanol–water partition coefficient (Wildman–Crippen LogP) is 2.05. The summed E-state index contributed by atoms with van der Waals surface area (Å²) in [7, 11) is 1.74. The second kappa shape index (κ2) is 5.29. The van der Waals surface area contributed by atoms with Crippen molar-refractivity contribution in [1.82, 2.24) is 0 Å². The largest absolute Gasteiger partial charge is 0.382 e. The van der Waals surface area contributed by atoms with Crippen molar-refractivity contribution in [1.29, 1.82) is 0 Å². The van der Waals surface area contributed by atoms with Gasteiger partial charge in [0.1, 0.15) is 0 Å². The number of fused-ring (bicyclic) bond motifs is 1. The van der Waals surface area contributed by atoms with Gasteiger partial charge in [0.25, 0.3) is 0 Å². The number of nitrogens with zero attached hydrogens (tertiary/aromatic N) is 1. The van der Waals surface area contributed by atoms with Gasteiger partial charge in [0.05, 0.1) is 12.1 Å². The molecule has 0 aromatic heterocycles. The molecular weight excluding hydrogens is 224 g/mol. The maximum absolute atomic E-state index is 6.00. The lowest BCUT2D eigenvalue weighted by molar-refractivity contribution is 0.135. The van der Waals surface area contributed by atoms with Crippen LogP contribution in [0.4, 0.5) is 5.69 Å². The fraction of sp³-hybridized carbons (Fsp3) is 0.600. The normalized spacial score (nSPS) is 22.4. The number of nitrogens with two attached hydrogens (primary N) is 1. The Kier molecular flexibility index (Phi) is 3.93. The van der Waals surface area contributed by atoms with Crippen molar-refractivity contribution in [2.45, 2.75) is 25.8 Å². The summed E-state index contributed by atoms with van der Waals surface area (Å²) in [5, 5.41) is 0. The first-order chi connectivity index (χ1) is 8.60. The third-order valence-electron chi connectivity index (χ3n) is 3.89. The van der Waals surface area contributed by atoms with E-state index in [0.717, 1.165) is 13.0 Å². The van der Waals surface area contributed by atoms with Crippen molar-refractivity contribution < 1.29 is 4.74 Å². The van der Waals surface area contributed by atoms with E-state index in [-0.39, 0.29) is 5.54 Å². The van der Waals surface area contributed by atoms with Crippen LogP contribution in [0.2, 0.25) is 0 Å². The molecule has 0 aliphatic carbocycles. The van der Waals surface area contributed by atoms with Crippen LogP contribution >= 0.6 is 0 Å². The number of rotatable bonds is 4. The SMILES string of the molecule is COCC(C)(CN)N1CC(C)Cc2ccccc21. The number of anilines is 1. The number of benzene rings is 1. The van der Waals surface area contributed by atoms with Crippen LogP contribution in [0.5, 0.6) is 0 Å². The molecule has 0 radical (unpaired) electrons. The van der Waals surface area contributed by atoms with Crippen LogP contribution in [0.25, 0.3) is 0 Å². The van der Waals surface area contributed by atoms with Gasteiger partial charge < -0.3 is 15.4 Å². The lowest BCUT2D eigenvalue weighted by atomic mass is 9.89. The molecule has 0 bridgehead atoms. The molecule has 2 unspecified atom stereocenters. The molecule has 0 spiro atoms. The van der Waals surface area contributed by atoms with Gasteiger partial charge in [0, 0.05) is 25.9 Å². The van der Waals surface area contributed by atoms with Crippen LogP contribution in [-0.4, -0.2) is 32.3 Å². The first kappa shape index (κ1) is 13.4. The van der Waals surface area contributed by atoms with Gasteiger partial charge in [-0.2, -0.15) is 0 Å². The van der Waals surface area contributed by atoms with Crippen LogP contribution < -0.4 is 10.6 Å². The zero-order valence-corrected chi connectivity index (χ0v) is 11.6. The summed E-state index contributed by atoms with van der Waals surface area (Å²) in [4.78, 5) is 2.43. The lowest BCUT2D eigenvalue weighted by Crippen LogP contribution is -2.57. The Morgan fingerprint density at radius 2 is 2.17 bits per heavy atom. The quantitative estimate of drug-likeness (QED) is 0.886. The summed E-state index contributed by atoms with van der Waals surface area (Å²) in [6.07, 6.45) is 1.15. The molecule has 0 amide bonds. The highest BCUT2D eigenvalue weighted by Crippen LogP contribution is 2.34. The molecule has 0 saturated heterocycles. The molecule has 2 atom stereocenters. The average Bonchev–Trinajstić information content (AvgIpc) is 2.38. The highest BCUT2D eigenvalue weighted by atomic mass is 16.5. The molecule has 18 heavy (non-hydrogen) atoms. The van der Waals surface area contributed by atoms with E-state index in [9.17, 15) is 0 Å². The molecule has 3 heteroatoms. The third kappa shape index (κ3) is 2.38. The van der Waals surface area contributed by atoms with Gasteiger partial charge >= 0.3 is 0 Å². The van der Waals surface area contributed by atoms with Crippen molar-refractivity contribution in [3.8, 4) is 0 Å². The van der Waals surface area contributed by atoms with Crippen molar-refractivity contribution in [2.24, 2.45) is 11.7 Å². The molecule has 1 heterocycles. The van der Waals surface area contributed by atoms with Gasteiger partial charge in [-0.1, -0.05) is 25.1 Å². The van der Waals surface area contributed by atoms with Crippen molar-refractivity contribution in [3.05, 3.63) is 29.8 Å². The van der Waals surface area contributed by atoms with Crippen LogP contribution in [-0.2, 0) is 11.2 Å². The maximum Gasteiger partial charge on any atom is 0.0728 e. The Morgan fingerprint density at radius 3 is 2.83 bits per heavy atom. The summed E-state index contributed by atoms with van der Waals surface area (Å²) >= 11 is 0. The minimum atomic E-state index is -0.125. The summed E-state index contributed by atoms with van der Waals surface area (Å²) in [6, 6.07) is 8.64. The minimum absolute atomic E-state index is 0.125. The molecule has 2 N–H and O–H groups in total. The Balaban J connectivity index is 2.38. The lowest BCUT2D eigenvalue weighted by Gasteiger charge is -2.46. The van der Waals surface area contributed by atoms with E-state index in [1.807, 2.05) is 0 Å². The Bertz CT molecular complexity index is 407. The predicted molar refractivity (Wildman–Crippen MR) is 76.0 cm³/mol. The Labute approximate surface area is 110 Å². The summed E-state index contributed by atoms with van der Waals surface area (Å²) in [6.45, 7) is 6.79. The van der Waals surface area contributed by atoms with E-state index in [1.54, 1.807) is 7.11 Å². The van der Waals surface area contributed by atoms with E-state index >= 15 is 0 Å². The zero-order valence-electron chi connectivity index (χ0n) is 11.6. The van der Waals surface area contributed by atoms with Crippen molar-refractivity contribution in [3.63, 3.8) is 0 Å². The number of hydrogen-bond acceptors (Lipinski definition) is 3. The number of hydrogen-bond donors (Lipinski definition) is 1. The molecule has 1 aromatic rings. The third-order valence-corrected chi connectivity index (χ3v) is 3.89. The number of ether oxygens (including phenoxy) is 1. The van der Waals surface area contributed by atoms with E-state index in [0.29, 0.717) is 19.1 Å². The monoisotopic (exact) mass is 248 g/mol. The smallest absolute Gasteiger partial charge is 0.0728 e. The summed E-state index contributed by atoms with van der Waals surface area (Å²) in [5.74, 6) is 0.655. The van der Waals surface area contributed by atoms with Gasteiger partial charge in [-0.05, 0) is 30.9 Å². The van der Waals surface area contributed by atoms with Crippen LogP contribution in [0.1, 0.15) is 19.4 Å². The molecule has 0 fully saturated rings. The average molecular weight is 248 g/mol. The maximum atomic E-state index is 6.00. The van der Waals surface area contributed by atoms with Gasteiger partial charge in [-0.25, -0.2) is 0 Å². The molecule has 100 valence electrons. The van der Waals surface area contributed by atoms with Gasteiger partial charge in [0.15, 0.2) is 0 Å².